The summed E-state index contributed by atoms with van der Waals surface area (Å²) in [6.07, 6.45) is 9.24. The van der Waals surface area contributed by atoms with E-state index in [2.05, 4.69) is 23.6 Å². The molecule has 0 fully saturated rings. The van der Waals surface area contributed by atoms with E-state index in [-0.39, 0.29) is 12.2 Å². The Morgan fingerprint density at radius 2 is 2.42 bits per heavy atom. The van der Waals surface area contributed by atoms with E-state index >= 15 is 0 Å². The third-order valence-corrected chi connectivity index (χ3v) is 1.91. The van der Waals surface area contributed by atoms with Crippen molar-refractivity contribution in [1.29, 1.82) is 0 Å². The van der Waals surface area contributed by atoms with Crippen molar-refractivity contribution in [3.05, 3.63) is 24.4 Å². The molecule has 2 unspecified atom stereocenters. The van der Waals surface area contributed by atoms with Crippen molar-refractivity contribution < 1.29 is 0 Å². The topological polar surface area (TPSA) is 50.1 Å². The average molecular weight is 167 g/mol. The highest BCUT2D eigenvalue weighted by atomic mass is 15.1. The molecule has 0 aromatic rings. The summed E-state index contributed by atoms with van der Waals surface area (Å²) in [5.41, 5.74) is 5.76. The van der Waals surface area contributed by atoms with E-state index in [4.69, 9.17) is 5.73 Å². The lowest BCUT2D eigenvalue weighted by Gasteiger charge is -2.19. The summed E-state index contributed by atoms with van der Waals surface area (Å²) in [4.78, 5) is 0. The van der Waals surface area contributed by atoms with E-state index < -0.39 is 0 Å². The molecule has 0 saturated heterocycles. The second-order valence-corrected chi connectivity index (χ2v) is 2.96. The minimum Gasteiger partial charge on any atom is -0.372 e. The van der Waals surface area contributed by atoms with Gasteiger partial charge < -0.3 is 11.1 Å². The van der Waals surface area contributed by atoms with Crippen LogP contribution in [0.2, 0.25) is 0 Å². The van der Waals surface area contributed by atoms with Gasteiger partial charge in [0.15, 0.2) is 0 Å². The first-order valence-corrected chi connectivity index (χ1v) is 4.41. The van der Waals surface area contributed by atoms with Gasteiger partial charge in [0.2, 0.25) is 0 Å². The van der Waals surface area contributed by atoms with Crippen LogP contribution in [0.15, 0.2) is 24.4 Å². The molecule has 1 rings (SSSR count). The molecule has 1 aliphatic rings. The van der Waals surface area contributed by atoms with Crippen molar-refractivity contribution in [2.24, 2.45) is 5.73 Å². The van der Waals surface area contributed by atoms with E-state index in [1.54, 1.807) is 0 Å². The van der Waals surface area contributed by atoms with Gasteiger partial charge in [-0.25, -0.2) is 0 Å². The largest absolute Gasteiger partial charge is 0.372 e. The van der Waals surface area contributed by atoms with E-state index in [0.29, 0.717) is 0 Å². The second-order valence-electron chi connectivity index (χ2n) is 2.96. The molecule has 1 heterocycles. The number of allylic oxidation sites excluding steroid dienone is 2. The zero-order chi connectivity index (χ0) is 8.81. The van der Waals surface area contributed by atoms with Gasteiger partial charge in [-0.2, -0.15) is 0 Å². The molecule has 4 N–H and O–H groups in total. The highest BCUT2D eigenvalue weighted by Crippen LogP contribution is 1.91. The van der Waals surface area contributed by atoms with Gasteiger partial charge in [0.1, 0.15) is 0 Å². The monoisotopic (exact) mass is 167 g/mol. The number of nitrogens with one attached hydrogen (secondary N) is 2. The molecule has 3 nitrogen and oxygen atoms in total. The van der Waals surface area contributed by atoms with Crippen LogP contribution in [0.5, 0.6) is 0 Å². The van der Waals surface area contributed by atoms with Crippen LogP contribution in [-0.4, -0.2) is 18.8 Å². The van der Waals surface area contributed by atoms with Crippen molar-refractivity contribution in [3.8, 4) is 0 Å². The lowest BCUT2D eigenvalue weighted by Crippen LogP contribution is -2.44. The molecule has 0 radical (unpaired) electrons. The Morgan fingerprint density at radius 1 is 1.58 bits per heavy atom. The van der Waals surface area contributed by atoms with Crippen molar-refractivity contribution in [3.63, 3.8) is 0 Å². The minimum atomic E-state index is 0.243. The molecule has 68 valence electrons. The van der Waals surface area contributed by atoms with Crippen LogP contribution in [0.3, 0.4) is 0 Å². The summed E-state index contributed by atoms with van der Waals surface area (Å²) in [7, 11) is 0. The van der Waals surface area contributed by atoms with E-state index in [0.717, 1.165) is 13.0 Å². The Labute approximate surface area is 73.7 Å². The number of nitrogens with two attached hydrogens (primary N) is 1. The lowest BCUT2D eigenvalue weighted by molar-refractivity contribution is 0.494. The summed E-state index contributed by atoms with van der Waals surface area (Å²) in [5, 5.41) is 6.46. The third kappa shape index (κ3) is 3.07. The molecular formula is C9H17N3. The molecule has 1 aliphatic heterocycles. The highest BCUT2D eigenvalue weighted by Gasteiger charge is 2.04. The summed E-state index contributed by atoms with van der Waals surface area (Å²) >= 11 is 0. The fourth-order valence-corrected chi connectivity index (χ4v) is 0.995. The maximum atomic E-state index is 5.76. The fraction of sp³-hybridized carbons (Fsp3) is 0.556. The lowest BCUT2D eigenvalue weighted by atomic mass is 10.2. The highest BCUT2D eigenvalue weighted by molar-refractivity contribution is 5.11. The van der Waals surface area contributed by atoms with Gasteiger partial charge in [0, 0.05) is 12.6 Å². The zero-order valence-corrected chi connectivity index (χ0v) is 7.46. The van der Waals surface area contributed by atoms with Crippen LogP contribution in [0, 0.1) is 0 Å². The fourth-order valence-electron chi connectivity index (χ4n) is 0.995. The Hall–Kier alpha value is -0.800. The first kappa shape index (κ1) is 9.29. The summed E-state index contributed by atoms with van der Waals surface area (Å²) in [6, 6.07) is 0.256. The van der Waals surface area contributed by atoms with Crippen LogP contribution in [0.1, 0.15) is 13.3 Å². The Morgan fingerprint density at radius 3 is 3.00 bits per heavy atom. The van der Waals surface area contributed by atoms with Gasteiger partial charge in [-0.15, -0.1) is 0 Å². The quantitative estimate of drug-likeness (QED) is 0.565. The normalized spacial score (nSPS) is 23.7. The van der Waals surface area contributed by atoms with Crippen molar-refractivity contribution in [2.45, 2.75) is 25.6 Å². The zero-order valence-electron chi connectivity index (χ0n) is 7.46. The molecule has 0 spiro atoms. The van der Waals surface area contributed by atoms with Crippen molar-refractivity contribution in [2.75, 3.05) is 6.54 Å². The maximum absolute atomic E-state index is 5.76. The molecule has 3 heteroatoms. The number of hydrogen-bond acceptors (Lipinski definition) is 3. The van der Waals surface area contributed by atoms with E-state index in [1.807, 2.05) is 18.4 Å². The molecular weight excluding hydrogens is 150 g/mol. The van der Waals surface area contributed by atoms with Crippen LogP contribution in [0.25, 0.3) is 0 Å². The van der Waals surface area contributed by atoms with E-state index in [1.165, 1.54) is 0 Å². The smallest absolute Gasteiger partial charge is 0.0960 e. The minimum absolute atomic E-state index is 0.243. The molecule has 2 atom stereocenters. The molecule has 0 amide bonds. The van der Waals surface area contributed by atoms with Gasteiger partial charge in [-0.05, 0) is 24.8 Å². The maximum Gasteiger partial charge on any atom is 0.0960 e. The second kappa shape index (κ2) is 4.95. The van der Waals surface area contributed by atoms with Gasteiger partial charge in [-0.1, -0.05) is 13.0 Å². The third-order valence-electron chi connectivity index (χ3n) is 1.91. The number of dihydropyridines is 1. The molecule has 0 aliphatic carbocycles. The SMILES string of the molecule is CCC(N)CNC1C=CC=CN1. The van der Waals surface area contributed by atoms with Gasteiger partial charge in [0.25, 0.3) is 0 Å². The standard InChI is InChI=1S/C9H17N3/c1-2-8(10)7-12-9-5-3-4-6-11-9/h3-6,8-9,11-12H,2,7,10H2,1H3. The van der Waals surface area contributed by atoms with Crippen LogP contribution >= 0.6 is 0 Å². The first-order chi connectivity index (χ1) is 5.83. The molecule has 12 heavy (non-hydrogen) atoms. The molecule has 0 saturated carbocycles. The van der Waals surface area contributed by atoms with Crippen LogP contribution < -0.4 is 16.4 Å². The van der Waals surface area contributed by atoms with Gasteiger partial charge in [-0.3, -0.25) is 5.32 Å². The molecule has 0 aromatic carbocycles. The summed E-state index contributed by atoms with van der Waals surface area (Å²) < 4.78 is 0. The predicted octanol–water partition coefficient (Wildman–Crippen LogP) is 0.313. The van der Waals surface area contributed by atoms with Crippen molar-refractivity contribution in [1.82, 2.24) is 10.6 Å². The Bertz CT molecular complexity index is 175. The Kier molecular flexibility index (Phi) is 3.84. The summed E-state index contributed by atoms with van der Waals surface area (Å²) in [5.74, 6) is 0. The van der Waals surface area contributed by atoms with Gasteiger partial charge >= 0.3 is 0 Å². The Balaban J connectivity index is 2.15. The first-order valence-electron chi connectivity index (χ1n) is 4.41. The summed E-state index contributed by atoms with van der Waals surface area (Å²) in [6.45, 7) is 2.95. The average Bonchev–Trinajstić information content (AvgIpc) is 2.16. The van der Waals surface area contributed by atoms with E-state index in [9.17, 15) is 0 Å². The molecule has 0 bridgehead atoms. The number of rotatable bonds is 4. The predicted molar refractivity (Wildman–Crippen MR) is 51.5 cm³/mol. The van der Waals surface area contributed by atoms with Crippen LogP contribution in [0.4, 0.5) is 0 Å². The van der Waals surface area contributed by atoms with Crippen molar-refractivity contribution >= 4 is 0 Å². The molecule has 0 aromatic heterocycles. The van der Waals surface area contributed by atoms with Crippen LogP contribution in [-0.2, 0) is 0 Å². The van der Waals surface area contributed by atoms with Gasteiger partial charge in [0.05, 0.1) is 6.17 Å². The number of hydrogen-bond donors (Lipinski definition) is 3.